The van der Waals surface area contributed by atoms with Crippen LogP contribution in [-0.4, -0.2) is 14.3 Å². The van der Waals surface area contributed by atoms with Crippen LogP contribution in [0.2, 0.25) is 0 Å². The Hall–Kier alpha value is -2.66. The Kier molecular flexibility index (Phi) is 3.81. The summed E-state index contributed by atoms with van der Waals surface area (Å²) in [5.41, 5.74) is 4.89. The lowest BCUT2D eigenvalue weighted by atomic mass is 10.1. The molecule has 0 fully saturated rings. The Bertz CT molecular complexity index is 1080. The minimum absolute atomic E-state index is 0.0786. The zero-order valence-electron chi connectivity index (χ0n) is 13.9. The van der Waals surface area contributed by atoms with Crippen molar-refractivity contribution in [2.24, 2.45) is 7.05 Å². The first-order chi connectivity index (χ1) is 12.1. The maximum atomic E-state index is 12.7. The van der Waals surface area contributed by atoms with Crippen LogP contribution in [0.5, 0.6) is 0 Å². The van der Waals surface area contributed by atoms with E-state index in [2.05, 4.69) is 15.9 Å². The van der Waals surface area contributed by atoms with Gasteiger partial charge in [0.15, 0.2) is 0 Å². The predicted octanol–water partition coefficient (Wildman–Crippen LogP) is 4.41. The van der Waals surface area contributed by atoms with E-state index in [0.717, 1.165) is 32.8 Å². The number of benzene rings is 2. The molecular weight excluding hydrogens is 378 g/mol. The van der Waals surface area contributed by atoms with Crippen LogP contribution >= 0.6 is 15.9 Å². The molecule has 0 unspecified atom stereocenters. The molecule has 0 radical (unpaired) electrons. The van der Waals surface area contributed by atoms with Crippen molar-refractivity contribution in [3.05, 3.63) is 81.1 Å². The summed E-state index contributed by atoms with van der Waals surface area (Å²) in [6, 6.07) is 19.3. The van der Waals surface area contributed by atoms with Gasteiger partial charge in [-0.15, -0.1) is 0 Å². The average Bonchev–Trinajstić information content (AvgIpc) is 2.86. The smallest absolute Gasteiger partial charge is 0.207 e. The van der Waals surface area contributed by atoms with Gasteiger partial charge < -0.3 is 0 Å². The summed E-state index contributed by atoms with van der Waals surface area (Å²) < 4.78 is 5.02. The van der Waals surface area contributed by atoms with Gasteiger partial charge in [-0.25, -0.2) is 4.98 Å². The number of rotatable bonds is 2. The molecule has 124 valence electrons. The van der Waals surface area contributed by atoms with E-state index in [4.69, 9.17) is 4.98 Å². The van der Waals surface area contributed by atoms with E-state index in [9.17, 15) is 4.79 Å². The van der Waals surface area contributed by atoms with Gasteiger partial charge in [0.2, 0.25) is 5.43 Å². The number of nitrogens with zero attached hydrogens (tertiary/aromatic N) is 3. The van der Waals surface area contributed by atoms with Gasteiger partial charge in [0.1, 0.15) is 11.4 Å². The van der Waals surface area contributed by atoms with Crippen LogP contribution < -0.4 is 5.43 Å². The third-order valence-corrected chi connectivity index (χ3v) is 4.97. The average molecular weight is 394 g/mol. The van der Waals surface area contributed by atoms with Crippen LogP contribution in [0.25, 0.3) is 28.3 Å². The van der Waals surface area contributed by atoms with E-state index in [-0.39, 0.29) is 5.43 Å². The lowest BCUT2D eigenvalue weighted by Gasteiger charge is -2.11. The monoisotopic (exact) mass is 393 g/mol. The third-order valence-electron chi connectivity index (χ3n) is 4.44. The summed E-state index contributed by atoms with van der Waals surface area (Å²) in [4.78, 5) is 17.4. The minimum Gasteiger partial charge on any atom is -0.287 e. The first-order valence-electron chi connectivity index (χ1n) is 7.97. The number of pyridine rings is 1. The lowest BCUT2D eigenvalue weighted by molar-refractivity contribution is 0.650. The highest BCUT2D eigenvalue weighted by Crippen LogP contribution is 2.29. The summed E-state index contributed by atoms with van der Waals surface area (Å²) in [6.45, 7) is 2.02. The summed E-state index contributed by atoms with van der Waals surface area (Å²) in [7, 11) is 1.98. The molecule has 0 bridgehead atoms. The van der Waals surface area contributed by atoms with Crippen molar-refractivity contribution in [2.45, 2.75) is 6.92 Å². The van der Waals surface area contributed by atoms with E-state index in [1.165, 1.54) is 0 Å². The molecule has 0 atom stereocenters. The van der Waals surface area contributed by atoms with Crippen molar-refractivity contribution in [1.29, 1.82) is 0 Å². The molecule has 2 heterocycles. The predicted molar refractivity (Wildman–Crippen MR) is 103 cm³/mol. The maximum absolute atomic E-state index is 12.7. The van der Waals surface area contributed by atoms with E-state index in [0.29, 0.717) is 5.69 Å². The van der Waals surface area contributed by atoms with Gasteiger partial charge in [-0.2, -0.15) is 0 Å². The zero-order valence-corrected chi connectivity index (χ0v) is 15.5. The second-order valence-corrected chi connectivity index (χ2v) is 6.88. The zero-order chi connectivity index (χ0) is 17.6. The fourth-order valence-electron chi connectivity index (χ4n) is 3.07. The van der Waals surface area contributed by atoms with Gasteiger partial charge >= 0.3 is 0 Å². The number of aromatic nitrogens is 3. The largest absolute Gasteiger partial charge is 0.287 e. The van der Waals surface area contributed by atoms with Gasteiger partial charge in [-0.1, -0.05) is 46.3 Å². The van der Waals surface area contributed by atoms with Crippen molar-refractivity contribution >= 4 is 15.9 Å². The second-order valence-electron chi connectivity index (χ2n) is 5.97. The summed E-state index contributed by atoms with van der Waals surface area (Å²) in [5, 5.41) is 0. The molecule has 5 heteroatoms. The molecule has 0 amide bonds. The van der Waals surface area contributed by atoms with Crippen LogP contribution in [0.3, 0.4) is 0 Å². The number of hydrogen-bond donors (Lipinski definition) is 0. The molecule has 0 spiro atoms. The second kappa shape index (κ2) is 6.01. The summed E-state index contributed by atoms with van der Waals surface area (Å²) in [5.74, 6) is 0. The molecular formula is C20H16BrN3O. The maximum Gasteiger partial charge on any atom is 0.207 e. The van der Waals surface area contributed by atoms with Gasteiger partial charge in [-0.3, -0.25) is 14.2 Å². The van der Waals surface area contributed by atoms with Gasteiger partial charge in [0.05, 0.1) is 17.1 Å². The minimum atomic E-state index is -0.0786. The lowest BCUT2D eigenvalue weighted by Crippen LogP contribution is -2.11. The SMILES string of the molecule is Cc1c2nc(-c3ccc(Br)cc3)c(=O)cc-2n(-c2ccccc2)n1C. The Labute approximate surface area is 153 Å². The molecule has 2 aromatic rings. The number of hydrogen-bond acceptors (Lipinski definition) is 2. The van der Waals surface area contributed by atoms with Crippen LogP contribution in [0, 0.1) is 6.92 Å². The number of para-hydroxylation sites is 1. The van der Waals surface area contributed by atoms with E-state index in [1.54, 1.807) is 6.07 Å². The molecule has 0 saturated heterocycles. The van der Waals surface area contributed by atoms with Crippen LogP contribution in [0.1, 0.15) is 5.69 Å². The molecule has 2 aliphatic heterocycles. The Morgan fingerprint density at radius 1 is 0.960 bits per heavy atom. The van der Waals surface area contributed by atoms with Crippen molar-refractivity contribution in [1.82, 2.24) is 14.3 Å². The van der Waals surface area contributed by atoms with E-state index >= 15 is 0 Å². The van der Waals surface area contributed by atoms with Crippen LogP contribution in [0.15, 0.2) is 69.9 Å². The molecule has 2 aromatic carbocycles. The first kappa shape index (κ1) is 15.8. The standard InChI is InChI=1S/C20H16BrN3O/c1-13-19-17(24(23(13)2)16-6-4-3-5-7-16)12-18(25)20(22-19)14-8-10-15(21)11-9-14/h3-12H,1-2H3. The normalized spacial score (nSPS) is 11.2. The van der Waals surface area contributed by atoms with Crippen molar-refractivity contribution in [3.8, 4) is 28.3 Å². The third kappa shape index (κ3) is 2.61. The Morgan fingerprint density at radius 2 is 1.64 bits per heavy atom. The van der Waals surface area contributed by atoms with Crippen molar-refractivity contribution in [3.63, 3.8) is 0 Å². The Morgan fingerprint density at radius 3 is 2.32 bits per heavy atom. The molecule has 0 aliphatic carbocycles. The fourth-order valence-corrected chi connectivity index (χ4v) is 3.34. The van der Waals surface area contributed by atoms with Gasteiger partial charge in [-0.05, 0) is 31.2 Å². The highest BCUT2D eigenvalue weighted by molar-refractivity contribution is 9.10. The quantitative estimate of drug-likeness (QED) is 0.505. The number of fused-ring (bicyclic) bond motifs is 1. The van der Waals surface area contributed by atoms with E-state index in [1.807, 2.05) is 77.9 Å². The molecule has 2 aliphatic rings. The highest BCUT2D eigenvalue weighted by atomic mass is 79.9. The fraction of sp³-hybridized carbons (Fsp3) is 0.100. The van der Waals surface area contributed by atoms with E-state index < -0.39 is 0 Å². The molecule has 4 nitrogen and oxygen atoms in total. The molecule has 0 aromatic heterocycles. The molecule has 0 saturated carbocycles. The van der Waals surface area contributed by atoms with Crippen LogP contribution in [-0.2, 0) is 7.05 Å². The summed E-state index contributed by atoms with van der Waals surface area (Å²) in [6.07, 6.45) is 0. The Balaban J connectivity index is 1.99. The molecule has 4 rings (SSSR count). The first-order valence-corrected chi connectivity index (χ1v) is 8.76. The van der Waals surface area contributed by atoms with Gasteiger partial charge in [0.25, 0.3) is 0 Å². The highest BCUT2D eigenvalue weighted by Gasteiger charge is 2.21. The van der Waals surface area contributed by atoms with Crippen molar-refractivity contribution < 1.29 is 0 Å². The van der Waals surface area contributed by atoms with Gasteiger partial charge in [0, 0.05) is 23.2 Å². The van der Waals surface area contributed by atoms with Crippen LogP contribution in [0.4, 0.5) is 0 Å². The molecule has 25 heavy (non-hydrogen) atoms. The summed E-state index contributed by atoms with van der Waals surface area (Å²) >= 11 is 3.42. The number of halogens is 1. The topological polar surface area (TPSA) is 39.8 Å². The molecule has 0 N–H and O–H groups in total. The van der Waals surface area contributed by atoms with Crippen molar-refractivity contribution in [2.75, 3.05) is 0 Å².